The number of amides is 1. The lowest BCUT2D eigenvalue weighted by Crippen LogP contribution is -2.30. The summed E-state index contributed by atoms with van der Waals surface area (Å²) in [5.41, 5.74) is 2.72. The second-order valence-corrected chi connectivity index (χ2v) is 6.90. The van der Waals surface area contributed by atoms with E-state index < -0.39 is 11.7 Å². The topological polar surface area (TPSA) is 68.5 Å². The van der Waals surface area contributed by atoms with E-state index in [2.05, 4.69) is 19.2 Å². The van der Waals surface area contributed by atoms with E-state index in [4.69, 9.17) is 9.15 Å². The zero-order valence-electron chi connectivity index (χ0n) is 15.9. The highest BCUT2D eigenvalue weighted by Crippen LogP contribution is 2.25. The van der Waals surface area contributed by atoms with Crippen molar-refractivity contribution in [3.63, 3.8) is 0 Å². The Bertz CT molecular complexity index is 1040. The molecular weight excluding hydrogens is 342 g/mol. The molecule has 0 spiro atoms. The third-order valence-electron chi connectivity index (χ3n) is 4.45. The lowest BCUT2D eigenvalue weighted by Gasteiger charge is -2.18. The summed E-state index contributed by atoms with van der Waals surface area (Å²) in [6.07, 6.45) is -0.709. The van der Waals surface area contributed by atoms with E-state index in [9.17, 15) is 9.59 Å². The number of carbonyl (C=O) groups is 1. The minimum absolute atomic E-state index is 0.242. The number of anilines is 1. The van der Waals surface area contributed by atoms with E-state index in [1.807, 2.05) is 37.3 Å². The molecule has 3 aromatic rings. The van der Waals surface area contributed by atoms with Gasteiger partial charge in [0.25, 0.3) is 5.91 Å². The average molecular weight is 365 g/mol. The number of hydrogen-bond acceptors (Lipinski definition) is 4. The van der Waals surface area contributed by atoms with Crippen LogP contribution in [0, 0.1) is 6.92 Å². The van der Waals surface area contributed by atoms with Crippen molar-refractivity contribution in [2.45, 2.75) is 39.7 Å². The van der Waals surface area contributed by atoms with Gasteiger partial charge in [-0.3, -0.25) is 4.79 Å². The van der Waals surface area contributed by atoms with Crippen molar-refractivity contribution in [3.8, 4) is 5.75 Å². The lowest BCUT2D eigenvalue weighted by atomic mass is 10.0. The first-order chi connectivity index (χ1) is 12.8. The van der Waals surface area contributed by atoms with Crippen LogP contribution in [-0.4, -0.2) is 12.0 Å². The number of aryl methyl sites for hydroxylation is 1. The number of fused-ring (bicyclic) bond motifs is 1. The van der Waals surface area contributed by atoms with Crippen LogP contribution in [0.25, 0.3) is 11.0 Å². The molecule has 1 N–H and O–H groups in total. The molecule has 5 heteroatoms. The van der Waals surface area contributed by atoms with Gasteiger partial charge in [0.2, 0.25) is 0 Å². The van der Waals surface area contributed by atoms with Crippen molar-refractivity contribution < 1.29 is 13.9 Å². The molecule has 0 radical (unpaired) electrons. The van der Waals surface area contributed by atoms with Gasteiger partial charge in [-0.2, -0.15) is 0 Å². The van der Waals surface area contributed by atoms with Crippen LogP contribution in [0.4, 0.5) is 5.69 Å². The summed E-state index contributed by atoms with van der Waals surface area (Å²) in [6, 6.07) is 14.4. The summed E-state index contributed by atoms with van der Waals surface area (Å²) >= 11 is 0. The number of benzene rings is 2. The summed E-state index contributed by atoms with van der Waals surface area (Å²) in [6.45, 7) is 7.69. The highest BCUT2D eigenvalue weighted by atomic mass is 16.5. The number of para-hydroxylation sites is 1. The van der Waals surface area contributed by atoms with Gasteiger partial charge >= 0.3 is 5.63 Å². The molecule has 0 saturated carbocycles. The predicted octanol–water partition coefficient (Wildman–Crippen LogP) is 4.63. The molecule has 0 fully saturated rings. The van der Waals surface area contributed by atoms with Gasteiger partial charge in [0.05, 0.1) is 0 Å². The maximum atomic E-state index is 12.6. The third kappa shape index (κ3) is 4.19. The Morgan fingerprint density at radius 1 is 1.07 bits per heavy atom. The molecule has 2 aromatic carbocycles. The first kappa shape index (κ1) is 18.7. The second kappa shape index (κ2) is 7.66. The molecule has 1 unspecified atom stereocenters. The first-order valence-electron chi connectivity index (χ1n) is 8.96. The summed E-state index contributed by atoms with van der Waals surface area (Å²) < 4.78 is 11.0. The van der Waals surface area contributed by atoms with Gasteiger partial charge in [-0.1, -0.05) is 32.0 Å². The molecule has 0 saturated heterocycles. The van der Waals surface area contributed by atoms with E-state index in [1.165, 1.54) is 6.07 Å². The fraction of sp³-hybridized carbons (Fsp3) is 0.273. The van der Waals surface area contributed by atoms with Crippen LogP contribution < -0.4 is 15.7 Å². The quantitative estimate of drug-likeness (QED) is 0.669. The minimum atomic E-state index is -0.709. The molecule has 1 heterocycles. The SMILES string of the molecule is Cc1cc(=O)oc2cc(OC(C)C(=O)Nc3ccccc3C(C)C)ccc12. The molecule has 0 aliphatic carbocycles. The van der Waals surface area contributed by atoms with Gasteiger partial charge in [-0.25, -0.2) is 4.79 Å². The smallest absolute Gasteiger partial charge is 0.336 e. The Morgan fingerprint density at radius 2 is 1.81 bits per heavy atom. The Balaban J connectivity index is 1.77. The van der Waals surface area contributed by atoms with Crippen molar-refractivity contribution in [2.75, 3.05) is 5.32 Å². The number of rotatable bonds is 5. The Kier molecular flexibility index (Phi) is 5.31. The molecule has 0 aliphatic rings. The zero-order chi connectivity index (χ0) is 19.6. The van der Waals surface area contributed by atoms with Gasteiger partial charge in [0.1, 0.15) is 11.3 Å². The minimum Gasteiger partial charge on any atom is -0.481 e. The van der Waals surface area contributed by atoms with Crippen LogP contribution in [0.1, 0.15) is 37.8 Å². The zero-order valence-corrected chi connectivity index (χ0v) is 15.9. The van der Waals surface area contributed by atoms with Gasteiger partial charge in [-0.15, -0.1) is 0 Å². The summed E-state index contributed by atoms with van der Waals surface area (Å²) in [5, 5.41) is 3.77. The van der Waals surface area contributed by atoms with Crippen LogP contribution in [-0.2, 0) is 4.79 Å². The molecule has 1 atom stereocenters. The fourth-order valence-corrected chi connectivity index (χ4v) is 2.98. The maximum Gasteiger partial charge on any atom is 0.336 e. The number of carbonyl (C=O) groups excluding carboxylic acids is 1. The van der Waals surface area contributed by atoms with Crippen molar-refractivity contribution in [1.29, 1.82) is 0 Å². The van der Waals surface area contributed by atoms with Gasteiger partial charge < -0.3 is 14.5 Å². The predicted molar refractivity (Wildman–Crippen MR) is 106 cm³/mol. The van der Waals surface area contributed by atoms with E-state index in [1.54, 1.807) is 19.1 Å². The van der Waals surface area contributed by atoms with Crippen LogP contribution in [0.2, 0.25) is 0 Å². The normalized spacial score (nSPS) is 12.2. The average Bonchev–Trinajstić information content (AvgIpc) is 2.61. The Hall–Kier alpha value is -3.08. The van der Waals surface area contributed by atoms with Gasteiger partial charge in [-0.05, 0) is 49.1 Å². The third-order valence-corrected chi connectivity index (χ3v) is 4.45. The summed E-state index contributed by atoms with van der Waals surface area (Å²) in [7, 11) is 0. The molecule has 140 valence electrons. The Labute approximate surface area is 158 Å². The van der Waals surface area contributed by atoms with E-state index in [-0.39, 0.29) is 5.91 Å². The highest BCUT2D eigenvalue weighted by molar-refractivity contribution is 5.95. The van der Waals surface area contributed by atoms with Crippen molar-refractivity contribution in [2.24, 2.45) is 0 Å². The second-order valence-electron chi connectivity index (χ2n) is 6.90. The van der Waals surface area contributed by atoms with Crippen LogP contribution in [0.15, 0.2) is 57.7 Å². The lowest BCUT2D eigenvalue weighted by molar-refractivity contribution is -0.122. The molecule has 5 nitrogen and oxygen atoms in total. The van der Waals surface area contributed by atoms with E-state index >= 15 is 0 Å². The monoisotopic (exact) mass is 365 g/mol. The molecule has 1 amide bonds. The van der Waals surface area contributed by atoms with E-state index in [0.717, 1.165) is 22.2 Å². The molecular formula is C22H23NO4. The number of ether oxygens (including phenoxy) is 1. The molecule has 1 aromatic heterocycles. The van der Waals surface area contributed by atoms with Gasteiger partial charge in [0.15, 0.2) is 6.10 Å². The van der Waals surface area contributed by atoms with Crippen molar-refractivity contribution >= 4 is 22.6 Å². The Morgan fingerprint density at radius 3 is 2.56 bits per heavy atom. The number of hydrogen-bond donors (Lipinski definition) is 1. The van der Waals surface area contributed by atoms with Crippen molar-refractivity contribution in [1.82, 2.24) is 0 Å². The summed E-state index contributed by atoms with van der Waals surface area (Å²) in [4.78, 5) is 24.1. The van der Waals surface area contributed by atoms with Crippen LogP contribution >= 0.6 is 0 Å². The largest absolute Gasteiger partial charge is 0.481 e. The van der Waals surface area contributed by atoms with Crippen LogP contribution in [0.3, 0.4) is 0 Å². The van der Waals surface area contributed by atoms with Crippen LogP contribution in [0.5, 0.6) is 5.75 Å². The summed E-state index contributed by atoms with van der Waals surface area (Å²) in [5.74, 6) is 0.522. The van der Waals surface area contributed by atoms with Crippen molar-refractivity contribution in [3.05, 3.63) is 70.1 Å². The van der Waals surface area contributed by atoms with Gasteiger partial charge in [0, 0.05) is 23.2 Å². The molecule has 3 rings (SSSR count). The first-order valence-corrected chi connectivity index (χ1v) is 8.96. The highest BCUT2D eigenvalue weighted by Gasteiger charge is 2.17. The van der Waals surface area contributed by atoms with E-state index in [0.29, 0.717) is 17.3 Å². The molecule has 0 aliphatic heterocycles. The fourth-order valence-electron chi connectivity index (χ4n) is 2.98. The standard InChI is InChI=1S/C22H23NO4/c1-13(2)17-7-5-6-8-19(17)23-22(25)15(4)26-16-9-10-18-14(3)11-21(24)27-20(18)12-16/h5-13,15H,1-4H3,(H,23,25). The molecule has 27 heavy (non-hydrogen) atoms. The molecule has 0 bridgehead atoms. The maximum absolute atomic E-state index is 12.6. The number of nitrogens with one attached hydrogen (secondary N) is 1.